The van der Waals surface area contributed by atoms with Gasteiger partial charge in [-0.2, -0.15) is 11.8 Å². The SMILES string of the molecule is CSCC[C@H](NC(=O)[C@@H](N)Cc1c[nH]c2ccccc12)C(=O)N[C@@H](CC(=O)O)C(=O)N[C@@H](Cc1ccccc1)C(=O)O. The summed E-state index contributed by atoms with van der Waals surface area (Å²) >= 11 is 1.43. The summed E-state index contributed by atoms with van der Waals surface area (Å²) in [5, 5.41) is 27.3. The molecule has 0 saturated carbocycles. The summed E-state index contributed by atoms with van der Waals surface area (Å²) in [7, 11) is 0. The van der Waals surface area contributed by atoms with E-state index < -0.39 is 60.2 Å². The van der Waals surface area contributed by atoms with Crippen molar-refractivity contribution in [3.63, 3.8) is 0 Å². The normalized spacial score (nSPS) is 13.9. The number of thioether (sulfide) groups is 1. The Morgan fingerprint density at radius 1 is 0.833 bits per heavy atom. The molecule has 0 unspecified atom stereocenters. The molecule has 0 radical (unpaired) electrons. The molecule has 3 aromatic rings. The van der Waals surface area contributed by atoms with E-state index in [0.717, 1.165) is 16.5 Å². The van der Waals surface area contributed by atoms with Crippen LogP contribution in [-0.2, 0) is 36.8 Å². The van der Waals surface area contributed by atoms with Gasteiger partial charge in [0.2, 0.25) is 17.7 Å². The molecule has 8 N–H and O–H groups in total. The molecular formula is C29H35N5O7S. The lowest BCUT2D eigenvalue weighted by atomic mass is 10.0. The maximum absolute atomic E-state index is 13.2. The summed E-state index contributed by atoms with van der Waals surface area (Å²) in [6.45, 7) is 0. The van der Waals surface area contributed by atoms with E-state index in [1.165, 1.54) is 11.8 Å². The fourth-order valence-corrected chi connectivity index (χ4v) is 4.86. The van der Waals surface area contributed by atoms with Gasteiger partial charge in [0, 0.05) is 23.5 Å². The van der Waals surface area contributed by atoms with Gasteiger partial charge in [0.15, 0.2) is 0 Å². The largest absolute Gasteiger partial charge is 0.481 e. The third-order valence-corrected chi connectivity index (χ3v) is 7.25. The molecular weight excluding hydrogens is 562 g/mol. The summed E-state index contributed by atoms with van der Waals surface area (Å²) in [5.74, 6) is -4.57. The number of fused-ring (bicyclic) bond motifs is 1. The first kappa shape index (κ1) is 32.2. The highest BCUT2D eigenvalue weighted by Gasteiger charge is 2.31. The van der Waals surface area contributed by atoms with Crippen LogP contribution in [0.3, 0.4) is 0 Å². The molecule has 4 atom stereocenters. The van der Waals surface area contributed by atoms with Gasteiger partial charge < -0.3 is 36.9 Å². The monoisotopic (exact) mass is 597 g/mol. The number of aromatic amines is 1. The molecule has 12 nitrogen and oxygen atoms in total. The third-order valence-electron chi connectivity index (χ3n) is 6.60. The zero-order chi connectivity index (χ0) is 30.6. The van der Waals surface area contributed by atoms with E-state index in [4.69, 9.17) is 5.73 Å². The fraction of sp³-hybridized carbons (Fsp3) is 0.345. The average molecular weight is 598 g/mol. The predicted molar refractivity (Wildman–Crippen MR) is 159 cm³/mol. The lowest BCUT2D eigenvalue weighted by molar-refractivity contribution is -0.143. The summed E-state index contributed by atoms with van der Waals surface area (Å²) in [4.78, 5) is 65.7. The molecule has 0 aliphatic heterocycles. The molecule has 2 aromatic carbocycles. The standard InChI is InChI=1S/C29H35N5O7S/c1-42-12-11-22(32-26(37)20(30)14-18-16-31-21-10-6-5-9-19(18)21)27(38)33-23(15-25(35)36)28(39)34-24(29(40)41)13-17-7-3-2-4-8-17/h2-10,16,20,22-24,31H,11-15,30H2,1H3,(H,32,37)(H,33,38)(H,34,39)(H,35,36)(H,40,41)/t20-,22-,23-,24-/m0/s1. The number of carbonyl (C=O) groups is 5. The summed E-state index contributed by atoms with van der Waals surface area (Å²) in [5.41, 5.74) is 8.55. The van der Waals surface area contributed by atoms with Gasteiger partial charge in [-0.3, -0.25) is 19.2 Å². The van der Waals surface area contributed by atoms with Gasteiger partial charge in [0.05, 0.1) is 12.5 Å². The fourth-order valence-electron chi connectivity index (χ4n) is 4.39. The summed E-state index contributed by atoms with van der Waals surface area (Å²) < 4.78 is 0. The minimum absolute atomic E-state index is 0.0453. The summed E-state index contributed by atoms with van der Waals surface area (Å²) in [6.07, 6.45) is 3.14. The van der Waals surface area contributed by atoms with Crippen LogP contribution in [0.4, 0.5) is 0 Å². The van der Waals surface area contributed by atoms with Crippen LogP contribution < -0.4 is 21.7 Å². The second kappa shape index (κ2) is 15.6. The van der Waals surface area contributed by atoms with E-state index in [0.29, 0.717) is 11.3 Å². The highest BCUT2D eigenvalue weighted by molar-refractivity contribution is 7.98. The summed E-state index contributed by atoms with van der Waals surface area (Å²) in [6, 6.07) is 11.1. The van der Waals surface area contributed by atoms with Crippen molar-refractivity contribution in [1.82, 2.24) is 20.9 Å². The Morgan fingerprint density at radius 2 is 1.45 bits per heavy atom. The Hall–Kier alpha value is -4.36. The number of rotatable bonds is 16. The Balaban J connectivity index is 1.69. The van der Waals surface area contributed by atoms with Crippen LogP contribution in [0, 0.1) is 0 Å². The first-order valence-electron chi connectivity index (χ1n) is 13.3. The molecule has 0 aliphatic carbocycles. The molecule has 0 saturated heterocycles. The van der Waals surface area contributed by atoms with Crippen molar-refractivity contribution >= 4 is 52.3 Å². The van der Waals surface area contributed by atoms with Gasteiger partial charge in [0.25, 0.3) is 0 Å². The van der Waals surface area contributed by atoms with Crippen molar-refractivity contribution in [2.24, 2.45) is 5.73 Å². The topological polar surface area (TPSA) is 204 Å². The van der Waals surface area contributed by atoms with Crippen molar-refractivity contribution in [3.05, 3.63) is 71.9 Å². The molecule has 42 heavy (non-hydrogen) atoms. The highest BCUT2D eigenvalue weighted by atomic mass is 32.2. The van der Waals surface area contributed by atoms with Crippen molar-refractivity contribution in [1.29, 1.82) is 0 Å². The van der Waals surface area contributed by atoms with E-state index in [-0.39, 0.29) is 19.3 Å². The van der Waals surface area contributed by atoms with Gasteiger partial charge in [-0.15, -0.1) is 0 Å². The van der Waals surface area contributed by atoms with Crippen LogP contribution >= 0.6 is 11.8 Å². The van der Waals surface area contributed by atoms with Crippen LogP contribution in [-0.4, -0.2) is 81.0 Å². The number of carbonyl (C=O) groups excluding carboxylic acids is 3. The number of para-hydroxylation sites is 1. The van der Waals surface area contributed by atoms with Crippen molar-refractivity contribution in [3.8, 4) is 0 Å². The number of nitrogens with two attached hydrogens (primary N) is 1. The molecule has 3 amide bonds. The van der Waals surface area contributed by atoms with E-state index in [1.807, 2.05) is 30.5 Å². The maximum Gasteiger partial charge on any atom is 0.326 e. The number of hydrogen-bond acceptors (Lipinski definition) is 7. The van der Waals surface area contributed by atoms with E-state index >= 15 is 0 Å². The number of hydrogen-bond donors (Lipinski definition) is 7. The minimum atomic E-state index is -1.58. The van der Waals surface area contributed by atoms with Crippen LogP contribution in [0.1, 0.15) is 24.0 Å². The second-order valence-corrected chi connectivity index (χ2v) is 10.7. The Morgan fingerprint density at radius 3 is 2.12 bits per heavy atom. The number of aromatic nitrogens is 1. The highest BCUT2D eigenvalue weighted by Crippen LogP contribution is 2.19. The lowest BCUT2D eigenvalue weighted by Crippen LogP contribution is -2.58. The molecule has 0 fully saturated rings. The van der Waals surface area contributed by atoms with Gasteiger partial charge >= 0.3 is 11.9 Å². The zero-order valence-electron chi connectivity index (χ0n) is 23.0. The van der Waals surface area contributed by atoms with E-state index in [2.05, 4.69) is 20.9 Å². The third kappa shape index (κ3) is 9.35. The maximum atomic E-state index is 13.2. The number of benzene rings is 2. The molecule has 13 heteroatoms. The van der Waals surface area contributed by atoms with Crippen molar-refractivity contribution in [2.75, 3.05) is 12.0 Å². The van der Waals surface area contributed by atoms with Crippen LogP contribution in [0.25, 0.3) is 10.9 Å². The molecule has 0 spiro atoms. The Labute approximate surface area is 246 Å². The van der Waals surface area contributed by atoms with Gasteiger partial charge in [-0.05, 0) is 42.0 Å². The predicted octanol–water partition coefficient (Wildman–Crippen LogP) is 1.05. The van der Waals surface area contributed by atoms with Crippen LogP contribution in [0.15, 0.2) is 60.8 Å². The number of nitrogens with one attached hydrogen (secondary N) is 4. The van der Waals surface area contributed by atoms with Crippen LogP contribution in [0.5, 0.6) is 0 Å². The number of carboxylic acids is 2. The minimum Gasteiger partial charge on any atom is -0.481 e. The second-order valence-electron chi connectivity index (χ2n) is 9.76. The number of amides is 3. The molecule has 1 heterocycles. The van der Waals surface area contributed by atoms with E-state index in [9.17, 15) is 34.2 Å². The van der Waals surface area contributed by atoms with E-state index in [1.54, 1.807) is 36.5 Å². The molecule has 224 valence electrons. The Bertz CT molecular complexity index is 1400. The quantitative estimate of drug-likeness (QED) is 0.126. The van der Waals surface area contributed by atoms with Crippen molar-refractivity contribution in [2.45, 2.75) is 49.9 Å². The zero-order valence-corrected chi connectivity index (χ0v) is 23.9. The Kier molecular flexibility index (Phi) is 11.9. The number of carboxylic acid groups (broad SMARTS) is 2. The van der Waals surface area contributed by atoms with Crippen molar-refractivity contribution < 1.29 is 34.2 Å². The van der Waals surface area contributed by atoms with Gasteiger partial charge in [-0.25, -0.2) is 4.79 Å². The van der Waals surface area contributed by atoms with Crippen LogP contribution in [0.2, 0.25) is 0 Å². The average Bonchev–Trinajstić information content (AvgIpc) is 3.37. The lowest BCUT2D eigenvalue weighted by Gasteiger charge is -2.24. The number of aliphatic carboxylic acids is 2. The smallest absolute Gasteiger partial charge is 0.326 e. The van der Waals surface area contributed by atoms with Gasteiger partial charge in [-0.1, -0.05) is 48.5 Å². The van der Waals surface area contributed by atoms with Gasteiger partial charge in [0.1, 0.15) is 18.1 Å². The number of H-pyrrole nitrogens is 1. The molecule has 0 aliphatic rings. The first-order chi connectivity index (χ1) is 20.1. The molecule has 1 aromatic heterocycles. The first-order valence-corrected chi connectivity index (χ1v) is 14.7. The molecule has 3 rings (SSSR count). The molecule has 0 bridgehead atoms.